The van der Waals surface area contributed by atoms with Gasteiger partial charge in [-0.05, 0) is 148 Å². The summed E-state index contributed by atoms with van der Waals surface area (Å²) in [7, 11) is 0. The molecule has 0 saturated carbocycles. The number of unbranched alkanes of at least 4 members (excludes halogenated alkanes) is 39. The van der Waals surface area contributed by atoms with E-state index in [2.05, 4.69) is 92.7 Å². The summed E-state index contributed by atoms with van der Waals surface area (Å²) in [5, 5.41) is 0. The second kappa shape index (κ2) is 57.3. The minimum Gasteiger partial charge on any atom is -0.0654 e. The normalized spacial score (nSPS) is 12.5. The van der Waals surface area contributed by atoms with E-state index in [4.69, 9.17) is 0 Å². The Morgan fingerprint density at radius 1 is 0.271 bits per heavy atom. The molecule has 1 aliphatic rings. The van der Waals surface area contributed by atoms with Crippen LogP contribution in [0, 0.1) is 0 Å². The van der Waals surface area contributed by atoms with E-state index in [-0.39, 0.29) is 0 Å². The number of allylic oxidation sites excluding steroid dienone is 2. The number of hydrogen-bond donors (Lipinski definition) is 0. The monoisotopic (exact) mass is 1270 g/mol. The van der Waals surface area contributed by atoms with Crippen LogP contribution >= 0.6 is 0 Å². The average molecular weight is 1270 g/mol. The maximum atomic E-state index is 12.2. The summed E-state index contributed by atoms with van der Waals surface area (Å²) in [5.41, 5.74) is 27.2. The zero-order valence-electron chi connectivity index (χ0n) is 58.9. The first-order chi connectivity index (χ1) is 41.9. The minimum atomic E-state index is 0.971. The van der Waals surface area contributed by atoms with Crippen LogP contribution in [0.2, 0.25) is 9.79 Å². The van der Waals surface area contributed by atoms with Crippen molar-refractivity contribution in [1.29, 1.82) is 0 Å². The Hall–Kier alpha value is -1.82. The smallest absolute Gasteiger partial charge is 0.0654 e. The van der Waals surface area contributed by atoms with Crippen LogP contribution in [0.3, 0.4) is 0 Å². The number of aryl methyl sites for hydroxylation is 4. The summed E-state index contributed by atoms with van der Waals surface area (Å²) in [5.74, 6) is 0. The van der Waals surface area contributed by atoms with Crippen LogP contribution in [-0.4, -0.2) is 4.70 Å². The molecule has 2 aromatic carbocycles. The van der Waals surface area contributed by atoms with E-state index >= 15 is 0 Å². The van der Waals surface area contributed by atoms with E-state index in [0.29, 0.717) is 0 Å². The van der Waals surface area contributed by atoms with E-state index in [1.165, 1.54) is 347 Å². The average Bonchev–Trinajstić information content (AvgIpc) is 2.21. The molecule has 1 aliphatic heterocycles. The summed E-state index contributed by atoms with van der Waals surface area (Å²) in [6.07, 6.45) is 77.7. The van der Waals surface area contributed by atoms with Crippen LogP contribution < -0.4 is 0 Å². The molecule has 494 valence electrons. The molecule has 0 bridgehead atoms. The van der Waals surface area contributed by atoms with E-state index in [1.54, 1.807) is 25.6 Å². The van der Waals surface area contributed by atoms with E-state index in [1.807, 2.05) is 0 Å². The molecule has 0 saturated heterocycles. The SMILES string of the molecule is CCCCC1=C(c2cc(CCCC)c(CCCC)c(CCCC)c2)[N+](=[N-])C(c2cc(CCCC)c(CCCC)c(CCCC)c2)=C1.CCCCCCCCCCCCCCCCCC[CH2][Pd][CH2]CCCCCCCCCCCCCCCCCC. The van der Waals surface area contributed by atoms with Gasteiger partial charge in [0, 0.05) is 22.8 Å². The van der Waals surface area contributed by atoms with Crippen LogP contribution in [0.25, 0.3) is 16.9 Å². The molecule has 0 atom stereocenters. The first-order valence-electron chi connectivity index (χ1n) is 38.6. The fraction of sp³-hybridized carbons (Fsp3) is 0.805. The zero-order chi connectivity index (χ0) is 61.5. The van der Waals surface area contributed by atoms with Crippen molar-refractivity contribution in [3.63, 3.8) is 0 Å². The molecular weight excluding hydrogens is 1120 g/mol. The quantitative estimate of drug-likeness (QED) is 0.0358. The van der Waals surface area contributed by atoms with Crippen LogP contribution in [0.4, 0.5) is 0 Å². The Balaban J connectivity index is 0.000000590. The number of rotatable bonds is 59. The molecule has 3 rings (SSSR count). The Labute approximate surface area is 541 Å². The van der Waals surface area contributed by atoms with Crippen LogP contribution in [0.1, 0.15) is 421 Å². The molecule has 0 aliphatic carbocycles. The van der Waals surface area contributed by atoms with E-state index in [9.17, 15) is 5.53 Å². The zero-order valence-corrected chi connectivity index (χ0v) is 60.5. The molecule has 0 unspecified atom stereocenters. The first kappa shape index (κ1) is 79.3. The van der Waals surface area contributed by atoms with Crippen molar-refractivity contribution in [2.45, 2.75) is 425 Å². The van der Waals surface area contributed by atoms with E-state index < -0.39 is 0 Å². The van der Waals surface area contributed by atoms with Crippen molar-refractivity contribution in [3.8, 4) is 0 Å². The standard InChI is InChI=1S/C44H68N2.2C19H39.Pd/c1-8-15-22-34-29-39(30-35(23-16-9-2)41(34)27-20-13-6)43-33-38(26-19-12-5)44(46(43)45)40-31-36(24-17-10-3)42(28-21-14-7)37(32-40)25-18-11-4;2*1-3-5-7-9-11-13-15-17-19-18-16-14-12-10-8-6-4-2;/h29-33H,8-28H2,1-7H3;2*1,3-19H2,2H3;. The van der Waals surface area contributed by atoms with Gasteiger partial charge in [-0.25, -0.2) is 4.70 Å². The predicted octanol–water partition coefficient (Wildman–Crippen LogP) is 28.9. The van der Waals surface area contributed by atoms with Gasteiger partial charge >= 0.3 is 169 Å². The Morgan fingerprint density at radius 3 is 0.788 bits per heavy atom. The predicted molar refractivity (Wildman–Crippen MR) is 381 cm³/mol. The second-order valence-corrected chi connectivity index (χ2v) is 29.1. The van der Waals surface area contributed by atoms with Crippen LogP contribution in [-0.2, 0) is 56.5 Å². The van der Waals surface area contributed by atoms with Gasteiger partial charge in [0.1, 0.15) is 0 Å². The Morgan fingerprint density at radius 2 is 0.506 bits per heavy atom. The van der Waals surface area contributed by atoms with Gasteiger partial charge in [-0.2, -0.15) is 0 Å². The molecule has 0 radical (unpaired) electrons. The number of hydrogen-bond acceptors (Lipinski definition) is 0. The maximum absolute atomic E-state index is 12.2. The van der Waals surface area contributed by atoms with Crippen LogP contribution in [0.15, 0.2) is 35.9 Å². The fourth-order valence-corrected chi connectivity index (χ4v) is 15.0. The summed E-state index contributed by atoms with van der Waals surface area (Å²) in [6, 6.07) is 9.81. The van der Waals surface area contributed by atoms with Crippen molar-refractivity contribution in [2.24, 2.45) is 0 Å². The van der Waals surface area contributed by atoms with Gasteiger partial charge in [0.25, 0.3) is 0 Å². The molecule has 0 amide bonds. The third-order valence-corrected chi connectivity index (χ3v) is 20.9. The summed E-state index contributed by atoms with van der Waals surface area (Å²) in [6.45, 7) is 20.7. The molecular formula is C82H146N2Pd. The van der Waals surface area contributed by atoms with Gasteiger partial charge in [0.2, 0.25) is 11.4 Å². The topological polar surface area (TPSA) is 25.3 Å². The van der Waals surface area contributed by atoms with Gasteiger partial charge in [-0.15, -0.1) is 0 Å². The molecule has 3 heteroatoms. The van der Waals surface area contributed by atoms with Gasteiger partial charge < -0.3 is 5.53 Å². The van der Waals surface area contributed by atoms with Gasteiger partial charge in [0.15, 0.2) is 0 Å². The molecule has 85 heavy (non-hydrogen) atoms. The third-order valence-electron chi connectivity index (χ3n) is 18.7. The Bertz CT molecular complexity index is 1840. The number of benzene rings is 2. The van der Waals surface area contributed by atoms with Gasteiger partial charge in [-0.3, -0.25) is 0 Å². The molecule has 1 heterocycles. The molecule has 0 N–H and O–H groups in total. The summed E-state index contributed by atoms with van der Waals surface area (Å²) < 4.78 is 1.59. The second-order valence-electron chi connectivity index (χ2n) is 26.8. The summed E-state index contributed by atoms with van der Waals surface area (Å²) >= 11 is 1.06. The van der Waals surface area contributed by atoms with Crippen molar-refractivity contribution in [3.05, 3.63) is 86.0 Å². The molecule has 0 spiro atoms. The fourth-order valence-electron chi connectivity index (χ4n) is 13.1. The van der Waals surface area contributed by atoms with Crippen molar-refractivity contribution in [2.75, 3.05) is 0 Å². The first-order valence-corrected chi connectivity index (χ1v) is 40.8. The minimum absolute atomic E-state index is 0.971. The van der Waals surface area contributed by atoms with Crippen molar-refractivity contribution >= 4 is 11.4 Å². The van der Waals surface area contributed by atoms with Gasteiger partial charge in [-0.1, -0.05) is 184 Å². The number of nitrogens with zero attached hydrogens (tertiary/aromatic N) is 2. The van der Waals surface area contributed by atoms with Crippen molar-refractivity contribution < 1.29 is 22.7 Å². The molecule has 0 aromatic heterocycles. The molecule has 0 fully saturated rings. The van der Waals surface area contributed by atoms with Gasteiger partial charge in [0.05, 0.1) is 0 Å². The molecule has 2 nitrogen and oxygen atoms in total. The van der Waals surface area contributed by atoms with E-state index in [0.717, 1.165) is 74.3 Å². The van der Waals surface area contributed by atoms with Crippen LogP contribution in [0.5, 0.6) is 0 Å². The summed E-state index contributed by atoms with van der Waals surface area (Å²) in [4.78, 5) is 3.09. The Kier molecular flexibility index (Phi) is 53.5. The molecule has 2 aromatic rings. The van der Waals surface area contributed by atoms with Crippen molar-refractivity contribution in [1.82, 2.24) is 0 Å². The third kappa shape index (κ3) is 37.8.